The van der Waals surface area contributed by atoms with Gasteiger partial charge in [-0.05, 0) is 19.1 Å². The molecule has 4 heteroatoms. The van der Waals surface area contributed by atoms with Crippen LogP contribution in [0.1, 0.15) is 15.9 Å². The highest BCUT2D eigenvalue weighted by Gasteiger charge is 2.24. The van der Waals surface area contributed by atoms with Crippen LogP contribution in [0.2, 0.25) is 0 Å². The summed E-state index contributed by atoms with van der Waals surface area (Å²) in [5.74, 6) is -0.0795. The highest BCUT2D eigenvalue weighted by Crippen LogP contribution is 2.33. The number of carbonyl (C=O) groups excluding carboxylic acids is 1. The molecule has 0 amide bonds. The minimum Gasteiger partial charge on any atom is -0.495 e. The number of Topliss-reactive ketones (excluding diaryl/α,β-unsaturated/α-hetero) is 1. The van der Waals surface area contributed by atoms with Gasteiger partial charge in [0.2, 0.25) is 0 Å². The smallest absolute Gasteiger partial charge is 0.196 e. The van der Waals surface area contributed by atoms with Crippen molar-refractivity contribution in [1.29, 1.82) is 0 Å². The molecule has 0 aromatic heterocycles. The molecule has 1 aromatic rings. The number of thioether (sulfide) groups is 1. The Morgan fingerprint density at radius 1 is 1.53 bits per heavy atom. The lowest BCUT2D eigenvalue weighted by Crippen LogP contribution is -2.17. The van der Waals surface area contributed by atoms with Crippen molar-refractivity contribution >= 4 is 17.5 Å². The normalized spacial score (nSPS) is 18.6. The summed E-state index contributed by atoms with van der Waals surface area (Å²) < 4.78 is 0. The average molecular weight is 221 g/mol. The van der Waals surface area contributed by atoms with Crippen LogP contribution in [-0.4, -0.2) is 16.6 Å². The van der Waals surface area contributed by atoms with E-state index in [1.165, 1.54) is 11.8 Å². The Balaban J connectivity index is 2.55. The summed E-state index contributed by atoms with van der Waals surface area (Å²) in [6.07, 6.45) is 0. The molecule has 1 heterocycles. The van der Waals surface area contributed by atoms with E-state index in [1.54, 1.807) is 0 Å². The minimum atomic E-state index is -0.361. The molecule has 3 nitrogen and oxygen atoms in total. The minimum absolute atomic E-state index is 0.160. The van der Waals surface area contributed by atoms with Crippen molar-refractivity contribution in [3.63, 3.8) is 0 Å². The molecule has 0 spiro atoms. The van der Waals surface area contributed by atoms with Crippen LogP contribution < -0.4 is 5.73 Å². The van der Waals surface area contributed by atoms with Crippen molar-refractivity contribution in [2.75, 3.05) is 5.75 Å². The van der Waals surface area contributed by atoms with Gasteiger partial charge in [0.1, 0.15) is 0 Å². The van der Waals surface area contributed by atoms with Gasteiger partial charge < -0.3 is 10.8 Å². The average Bonchev–Trinajstić information content (AvgIpc) is 2.19. The zero-order valence-electron chi connectivity index (χ0n) is 8.28. The van der Waals surface area contributed by atoms with E-state index in [0.29, 0.717) is 16.9 Å². The highest BCUT2D eigenvalue weighted by molar-refractivity contribution is 7.99. The number of hydrogen-bond donors (Lipinski definition) is 2. The number of carbonyl (C=O) groups is 1. The van der Waals surface area contributed by atoms with Gasteiger partial charge in [-0.25, -0.2) is 0 Å². The van der Waals surface area contributed by atoms with Crippen LogP contribution in [-0.2, 0) is 0 Å². The Morgan fingerprint density at radius 3 is 2.93 bits per heavy atom. The maximum Gasteiger partial charge on any atom is 0.196 e. The molecule has 1 aliphatic rings. The fourth-order valence-electron chi connectivity index (χ4n) is 1.52. The van der Waals surface area contributed by atoms with Crippen molar-refractivity contribution in [2.24, 2.45) is 5.73 Å². The zero-order valence-corrected chi connectivity index (χ0v) is 9.10. The van der Waals surface area contributed by atoms with Gasteiger partial charge in [-0.1, -0.05) is 11.6 Å². The molecule has 0 radical (unpaired) electrons. The Hall–Kier alpha value is -1.42. The summed E-state index contributed by atoms with van der Waals surface area (Å²) >= 11 is 1.52. The molecular weight excluding hydrogens is 210 g/mol. The third-order valence-corrected chi connectivity index (χ3v) is 3.43. The van der Waals surface area contributed by atoms with E-state index in [2.05, 4.69) is 0 Å². The molecule has 2 rings (SSSR count). The molecule has 0 atom stereocenters. The Bertz CT molecular complexity index is 462. The van der Waals surface area contributed by atoms with Crippen molar-refractivity contribution < 1.29 is 9.90 Å². The molecule has 0 unspecified atom stereocenters. The molecule has 78 valence electrons. The second-order valence-corrected chi connectivity index (χ2v) is 4.50. The largest absolute Gasteiger partial charge is 0.495 e. The van der Waals surface area contributed by atoms with Gasteiger partial charge >= 0.3 is 0 Å². The monoisotopic (exact) mass is 221 g/mol. The molecule has 1 aromatic carbocycles. The summed E-state index contributed by atoms with van der Waals surface area (Å²) in [5.41, 5.74) is 7.22. The second-order valence-electron chi connectivity index (χ2n) is 3.48. The number of nitrogens with two attached hydrogens (primary N) is 1. The number of benzene rings is 1. The van der Waals surface area contributed by atoms with Crippen molar-refractivity contribution in [3.8, 4) is 0 Å². The van der Waals surface area contributed by atoms with Crippen LogP contribution in [0.3, 0.4) is 0 Å². The zero-order chi connectivity index (χ0) is 11.0. The summed E-state index contributed by atoms with van der Waals surface area (Å²) in [7, 11) is 0. The van der Waals surface area contributed by atoms with E-state index in [4.69, 9.17) is 10.8 Å². The number of fused-ring (bicyclic) bond motifs is 1. The van der Waals surface area contributed by atoms with E-state index in [-0.39, 0.29) is 11.7 Å². The molecule has 3 N–H and O–H groups in total. The number of aliphatic hydroxyl groups is 1. The van der Waals surface area contributed by atoms with E-state index < -0.39 is 0 Å². The Morgan fingerprint density at radius 2 is 2.27 bits per heavy atom. The fourth-order valence-corrected chi connectivity index (χ4v) is 2.57. The molecule has 1 aliphatic heterocycles. The van der Waals surface area contributed by atoms with Gasteiger partial charge in [-0.15, -0.1) is 11.8 Å². The van der Waals surface area contributed by atoms with E-state index in [0.717, 1.165) is 10.5 Å². The third-order valence-electron chi connectivity index (χ3n) is 2.33. The van der Waals surface area contributed by atoms with Gasteiger partial charge in [0.15, 0.2) is 11.7 Å². The van der Waals surface area contributed by atoms with E-state index in [9.17, 15) is 4.79 Å². The number of hydrogen-bond acceptors (Lipinski definition) is 4. The lowest BCUT2D eigenvalue weighted by Gasteiger charge is -2.17. The lowest BCUT2D eigenvalue weighted by molar-refractivity contribution is 0.102. The summed E-state index contributed by atoms with van der Waals surface area (Å²) in [6, 6.07) is 5.72. The van der Waals surface area contributed by atoms with Crippen LogP contribution in [0.15, 0.2) is 34.6 Å². The molecule has 0 aliphatic carbocycles. The van der Waals surface area contributed by atoms with Crippen LogP contribution in [0.5, 0.6) is 0 Å². The maximum atomic E-state index is 11.9. The SMILES string of the molecule is Cc1ccc2c(c1)C(=O)/C(=C(/N)O)CS2. The van der Waals surface area contributed by atoms with Crippen molar-refractivity contribution in [3.05, 3.63) is 40.8 Å². The molecule has 0 saturated heterocycles. The first-order chi connectivity index (χ1) is 7.09. The topological polar surface area (TPSA) is 63.3 Å². The second kappa shape index (κ2) is 3.62. The number of aryl methyl sites for hydroxylation is 1. The fraction of sp³-hybridized carbons (Fsp3) is 0.182. The van der Waals surface area contributed by atoms with Crippen molar-refractivity contribution in [1.82, 2.24) is 0 Å². The predicted octanol–water partition coefficient (Wildman–Crippen LogP) is 2.01. The first-order valence-electron chi connectivity index (χ1n) is 4.55. The standard InChI is InChI=1S/C11H11NO2S/c1-6-2-3-9-7(4-6)10(13)8(5-15-9)11(12)14/h2-4,14H,5,12H2,1H3/b11-8-. The number of ketones is 1. The van der Waals surface area contributed by atoms with Crippen LogP contribution in [0.25, 0.3) is 0 Å². The summed E-state index contributed by atoms with van der Waals surface area (Å²) in [4.78, 5) is 12.9. The number of rotatable bonds is 0. The lowest BCUT2D eigenvalue weighted by atomic mass is 10.0. The Kier molecular flexibility index (Phi) is 2.44. The van der Waals surface area contributed by atoms with Gasteiger partial charge in [-0.3, -0.25) is 4.79 Å². The van der Waals surface area contributed by atoms with Crippen molar-refractivity contribution in [2.45, 2.75) is 11.8 Å². The first-order valence-corrected chi connectivity index (χ1v) is 5.54. The predicted molar refractivity (Wildman–Crippen MR) is 60.1 cm³/mol. The van der Waals surface area contributed by atoms with Gasteiger partial charge in [0, 0.05) is 16.2 Å². The van der Waals surface area contributed by atoms with Gasteiger partial charge in [0.25, 0.3) is 0 Å². The number of aliphatic hydroxyl groups excluding tert-OH is 1. The van der Waals surface area contributed by atoms with Gasteiger partial charge in [-0.2, -0.15) is 0 Å². The Labute approximate surface area is 92.0 Å². The molecule has 0 fully saturated rings. The van der Waals surface area contributed by atoms with Crippen LogP contribution in [0, 0.1) is 6.92 Å². The van der Waals surface area contributed by atoms with Gasteiger partial charge in [0.05, 0.1) is 5.57 Å². The quantitative estimate of drug-likeness (QED) is 0.519. The maximum absolute atomic E-state index is 11.9. The van der Waals surface area contributed by atoms with Crippen LogP contribution in [0.4, 0.5) is 0 Å². The third kappa shape index (κ3) is 1.72. The molecule has 0 bridgehead atoms. The summed E-state index contributed by atoms with van der Waals surface area (Å²) in [6.45, 7) is 1.93. The summed E-state index contributed by atoms with van der Waals surface area (Å²) in [5, 5.41) is 9.17. The first kappa shape index (κ1) is 10.1. The van der Waals surface area contributed by atoms with E-state index in [1.807, 2.05) is 25.1 Å². The molecule has 0 saturated carbocycles. The molecular formula is C11H11NO2S. The van der Waals surface area contributed by atoms with Crippen LogP contribution >= 0.6 is 11.8 Å². The molecule has 15 heavy (non-hydrogen) atoms. The highest BCUT2D eigenvalue weighted by atomic mass is 32.2. The van der Waals surface area contributed by atoms with E-state index >= 15 is 0 Å².